The van der Waals surface area contributed by atoms with E-state index in [9.17, 15) is 14.4 Å². The van der Waals surface area contributed by atoms with Crippen LogP contribution in [0.4, 0.5) is 4.79 Å². The maximum absolute atomic E-state index is 12.4. The van der Waals surface area contributed by atoms with Gasteiger partial charge < -0.3 is 24.3 Å². The van der Waals surface area contributed by atoms with Crippen LogP contribution in [0.3, 0.4) is 0 Å². The SMILES string of the molecule is CCCOC(=O)CNC1(C(CCC(=O)OC(C)(C)C)NC(=O)OC(C)(C)C)COC1. The molecule has 1 aliphatic rings. The highest BCUT2D eigenvalue weighted by atomic mass is 16.6. The number of hydrogen-bond donors (Lipinski definition) is 2. The predicted molar refractivity (Wildman–Crippen MR) is 111 cm³/mol. The molecule has 1 rings (SSSR count). The van der Waals surface area contributed by atoms with E-state index in [0.717, 1.165) is 6.42 Å². The molecule has 0 bridgehead atoms. The summed E-state index contributed by atoms with van der Waals surface area (Å²) in [6.07, 6.45) is 0.535. The minimum absolute atomic E-state index is 0.0255. The summed E-state index contributed by atoms with van der Waals surface area (Å²) < 4.78 is 21.2. The van der Waals surface area contributed by atoms with E-state index < -0.39 is 28.9 Å². The van der Waals surface area contributed by atoms with Gasteiger partial charge in [0.2, 0.25) is 0 Å². The fourth-order valence-electron chi connectivity index (χ4n) is 2.85. The molecule has 0 spiro atoms. The zero-order chi connectivity index (χ0) is 23.0. The summed E-state index contributed by atoms with van der Waals surface area (Å²) in [6.45, 7) is 13.5. The normalized spacial score (nSPS) is 16.8. The second-order valence-corrected chi connectivity index (χ2v) is 9.55. The molecule has 30 heavy (non-hydrogen) atoms. The van der Waals surface area contributed by atoms with E-state index in [4.69, 9.17) is 18.9 Å². The van der Waals surface area contributed by atoms with Gasteiger partial charge in [0, 0.05) is 6.42 Å². The first kappa shape index (κ1) is 26.2. The molecule has 0 aromatic carbocycles. The van der Waals surface area contributed by atoms with Crippen molar-refractivity contribution in [2.75, 3.05) is 26.4 Å². The molecule has 0 radical (unpaired) electrons. The lowest BCUT2D eigenvalue weighted by Gasteiger charge is -2.47. The number of carbonyl (C=O) groups is 3. The number of nitrogens with one attached hydrogen (secondary N) is 2. The number of ether oxygens (including phenoxy) is 4. The van der Waals surface area contributed by atoms with Gasteiger partial charge in [0.05, 0.1) is 37.9 Å². The van der Waals surface area contributed by atoms with E-state index in [-0.39, 0.29) is 38.1 Å². The van der Waals surface area contributed by atoms with Gasteiger partial charge in [0.1, 0.15) is 11.2 Å². The first-order chi connectivity index (χ1) is 13.8. The van der Waals surface area contributed by atoms with Crippen LogP contribution in [0.15, 0.2) is 0 Å². The Bertz CT molecular complexity index is 589. The fraction of sp³-hybridized carbons (Fsp3) is 0.857. The Kier molecular flexibility index (Phi) is 9.55. The Morgan fingerprint density at radius 2 is 1.60 bits per heavy atom. The van der Waals surface area contributed by atoms with Crippen LogP contribution < -0.4 is 10.6 Å². The minimum atomic E-state index is -0.704. The van der Waals surface area contributed by atoms with Gasteiger partial charge >= 0.3 is 18.0 Å². The van der Waals surface area contributed by atoms with Crippen molar-refractivity contribution in [2.24, 2.45) is 0 Å². The molecular weight excluding hydrogens is 392 g/mol. The van der Waals surface area contributed by atoms with Crippen molar-refractivity contribution in [1.29, 1.82) is 0 Å². The van der Waals surface area contributed by atoms with Gasteiger partial charge in [0.25, 0.3) is 0 Å². The molecule has 1 fully saturated rings. The lowest BCUT2D eigenvalue weighted by atomic mass is 9.85. The van der Waals surface area contributed by atoms with Crippen LogP contribution in [0.2, 0.25) is 0 Å². The summed E-state index contributed by atoms with van der Waals surface area (Å²) in [5, 5.41) is 6.00. The molecular formula is C21H38N2O7. The zero-order valence-corrected chi connectivity index (χ0v) is 19.4. The third-order valence-corrected chi connectivity index (χ3v) is 4.19. The smallest absolute Gasteiger partial charge is 0.407 e. The molecule has 9 nitrogen and oxygen atoms in total. The van der Waals surface area contributed by atoms with E-state index in [1.54, 1.807) is 41.5 Å². The molecule has 1 heterocycles. The summed E-state index contributed by atoms with van der Waals surface area (Å²) in [4.78, 5) is 36.5. The standard InChI is InChI=1S/C21H38N2O7/c1-8-11-28-17(25)12-22-21(13-27-14-21)15(23-18(26)30-20(5,6)7)9-10-16(24)29-19(2,3)4/h15,22H,8-14H2,1-7H3,(H,23,26). The lowest BCUT2D eigenvalue weighted by molar-refractivity contribution is -0.156. The molecule has 9 heteroatoms. The highest BCUT2D eigenvalue weighted by molar-refractivity contribution is 5.72. The minimum Gasteiger partial charge on any atom is -0.465 e. The molecule has 1 unspecified atom stereocenters. The van der Waals surface area contributed by atoms with Crippen LogP contribution in [0.1, 0.15) is 67.7 Å². The van der Waals surface area contributed by atoms with Gasteiger partial charge in [-0.2, -0.15) is 0 Å². The van der Waals surface area contributed by atoms with Crippen LogP contribution in [0.25, 0.3) is 0 Å². The summed E-state index contributed by atoms with van der Waals surface area (Å²) in [6, 6.07) is -0.507. The fourth-order valence-corrected chi connectivity index (χ4v) is 2.85. The van der Waals surface area contributed by atoms with Gasteiger partial charge in [-0.25, -0.2) is 4.79 Å². The van der Waals surface area contributed by atoms with Crippen LogP contribution in [-0.2, 0) is 28.5 Å². The molecule has 2 N–H and O–H groups in total. The Morgan fingerprint density at radius 1 is 1.00 bits per heavy atom. The highest BCUT2D eigenvalue weighted by Gasteiger charge is 2.47. The molecule has 1 amide bonds. The van der Waals surface area contributed by atoms with Gasteiger partial charge in [-0.1, -0.05) is 6.92 Å². The largest absolute Gasteiger partial charge is 0.465 e. The van der Waals surface area contributed by atoms with Gasteiger partial charge in [0.15, 0.2) is 0 Å². The molecule has 0 aromatic heterocycles. The lowest BCUT2D eigenvalue weighted by Crippen LogP contribution is -2.72. The first-order valence-electron chi connectivity index (χ1n) is 10.5. The molecule has 1 aliphatic heterocycles. The second kappa shape index (κ2) is 10.9. The topological polar surface area (TPSA) is 112 Å². The Morgan fingerprint density at radius 3 is 2.07 bits per heavy atom. The maximum atomic E-state index is 12.4. The van der Waals surface area contributed by atoms with Crippen molar-refractivity contribution in [3.05, 3.63) is 0 Å². The van der Waals surface area contributed by atoms with E-state index in [0.29, 0.717) is 13.0 Å². The van der Waals surface area contributed by atoms with Crippen molar-refractivity contribution in [3.8, 4) is 0 Å². The molecule has 1 atom stereocenters. The maximum Gasteiger partial charge on any atom is 0.407 e. The van der Waals surface area contributed by atoms with Gasteiger partial charge in [-0.05, 0) is 54.4 Å². The third kappa shape index (κ3) is 9.75. The average Bonchev–Trinajstić information content (AvgIpc) is 2.53. The van der Waals surface area contributed by atoms with Crippen LogP contribution in [0, 0.1) is 0 Å². The van der Waals surface area contributed by atoms with Crippen LogP contribution in [-0.4, -0.2) is 67.2 Å². The molecule has 174 valence electrons. The van der Waals surface area contributed by atoms with E-state index in [1.807, 2.05) is 6.92 Å². The van der Waals surface area contributed by atoms with E-state index in [1.165, 1.54) is 0 Å². The molecule has 1 saturated heterocycles. The van der Waals surface area contributed by atoms with Gasteiger partial charge in [-0.15, -0.1) is 0 Å². The van der Waals surface area contributed by atoms with Crippen LogP contribution in [0.5, 0.6) is 0 Å². The molecule has 0 aromatic rings. The summed E-state index contributed by atoms with van der Waals surface area (Å²) >= 11 is 0. The number of rotatable bonds is 10. The Labute approximate surface area is 179 Å². The first-order valence-corrected chi connectivity index (χ1v) is 10.5. The second-order valence-electron chi connectivity index (χ2n) is 9.55. The predicted octanol–water partition coefficient (Wildman–Crippen LogP) is 2.31. The summed E-state index contributed by atoms with van der Waals surface area (Å²) in [5.74, 6) is -0.748. The number of esters is 2. The zero-order valence-electron chi connectivity index (χ0n) is 19.4. The quantitative estimate of drug-likeness (QED) is 0.401. The number of carbonyl (C=O) groups excluding carboxylic acids is 3. The van der Waals surface area contributed by atoms with Crippen molar-refractivity contribution in [2.45, 2.75) is 90.5 Å². The van der Waals surface area contributed by atoms with E-state index >= 15 is 0 Å². The molecule has 0 aliphatic carbocycles. The summed E-state index contributed by atoms with van der Waals surface area (Å²) in [5.41, 5.74) is -1.96. The van der Waals surface area contributed by atoms with Crippen LogP contribution >= 0.6 is 0 Å². The number of hydrogen-bond acceptors (Lipinski definition) is 8. The van der Waals surface area contributed by atoms with Crippen molar-refractivity contribution >= 4 is 18.0 Å². The average molecular weight is 431 g/mol. The third-order valence-electron chi connectivity index (χ3n) is 4.19. The monoisotopic (exact) mass is 430 g/mol. The summed E-state index contributed by atoms with van der Waals surface area (Å²) in [7, 11) is 0. The number of amides is 1. The Balaban J connectivity index is 2.84. The van der Waals surface area contributed by atoms with E-state index in [2.05, 4.69) is 10.6 Å². The van der Waals surface area contributed by atoms with Crippen molar-refractivity contribution in [3.63, 3.8) is 0 Å². The van der Waals surface area contributed by atoms with Crippen molar-refractivity contribution < 1.29 is 33.3 Å². The number of alkyl carbamates (subject to hydrolysis) is 1. The highest BCUT2D eigenvalue weighted by Crippen LogP contribution is 2.26. The Hall–Kier alpha value is -1.87. The van der Waals surface area contributed by atoms with Gasteiger partial charge in [-0.3, -0.25) is 14.9 Å². The van der Waals surface area contributed by atoms with Crippen molar-refractivity contribution in [1.82, 2.24) is 10.6 Å². The molecule has 0 saturated carbocycles.